The lowest BCUT2D eigenvalue weighted by Crippen LogP contribution is -2.42. The molecule has 1 amide bonds. The minimum absolute atomic E-state index is 0.0843. The highest BCUT2D eigenvalue weighted by Crippen LogP contribution is 2.14. The lowest BCUT2D eigenvalue weighted by Gasteiger charge is -2.30. The molecule has 1 aliphatic heterocycles. The first-order chi connectivity index (χ1) is 8.20. The highest BCUT2D eigenvalue weighted by Gasteiger charge is 2.23. The number of amides is 1. The second-order valence-electron chi connectivity index (χ2n) is 4.14. The Labute approximate surface area is 100 Å². The molecule has 2 rings (SSSR count). The van der Waals surface area contributed by atoms with Gasteiger partial charge in [0.05, 0.1) is 18.8 Å². The molecule has 5 nitrogen and oxygen atoms in total. The summed E-state index contributed by atoms with van der Waals surface area (Å²) in [5, 5.41) is 9.53. The van der Waals surface area contributed by atoms with Gasteiger partial charge < -0.3 is 14.7 Å². The van der Waals surface area contributed by atoms with Crippen molar-refractivity contribution >= 4 is 5.91 Å². The number of ether oxygens (including phenoxy) is 1. The summed E-state index contributed by atoms with van der Waals surface area (Å²) in [6.45, 7) is 1.10. The van der Waals surface area contributed by atoms with E-state index in [1.54, 1.807) is 17.0 Å². The van der Waals surface area contributed by atoms with Crippen LogP contribution in [0.2, 0.25) is 0 Å². The Balaban J connectivity index is 2.07. The highest BCUT2D eigenvalue weighted by atomic mass is 16.5. The quantitative estimate of drug-likeness (QED) is 0.820. The highest BCUT2D eigenvalue weighted by molar-refractivity contribution is 5.94. The van der Waals surface area contributed by atoms with Gasteiger partial charge in [-0.05, 0) is 18.9 Å². The van der Waals surface area contributed by atoms with Gasteiger partial charge in [-0.15, -0.1) is 0 Å². The first-order valence-electron chi connectivity index (χ1n) is 5.68. The monoisotopic (exact) mass is 236 g/mol. The van der Waals surface area contributed by atoms with Crippen LogP contribution in [0, 0.1) is 0 Å². The van der Waals surface area contributed by atoms with E-state index in [9.17, 15) is 9.90 Å². The van der Waals surface area contributed by atoms with Crippen LogP contribution in [0.3, 0.4) is 0 Å². The van der Waals surface area contributed by atoms with Crippen LogP contribution in [-0.4, -0.2) is 47.2 Å². The molecule has 5 heteroatoms. The van der Waals surface area contributed by atoms with E-state index in [-0.39, 0.29) is 5.91 Å². The number of carbonyl (C=O) groups is 1. The Morgan fingerprint density at radius 2 is 2.41 bits per heavy atom. The Morgan fingerprint density at radius 1 is 1.59 bits per heavy atom. The molecule has 2 heterocycles. The number of aliphatic hydroxyl groups excluding tert-OH is 1. The smallest absolute Gasteiger partial charge is 0.255 e. The summed E-state index contributed by atoms with van der Waals surface area (Å²) in [6, 6.07) is 3.35. The van der Waals surface area contributed by atoms with Gasteiger partial charge in [-0.1, -0.05) is 0 Å². The van der Waals surface area contributed by atoms with Gasteiger partial charge in [0.1, 0.15) is 0 Å². The molecule has 92 valence electrons. The fraction of sp³-hybridized carbons (Fsp3) is 0.500. The van der Waals surface area contributed by atoms with Gasteiger partial charge in [-0.3, -0.25) is 4.79 Å². The normalized spacial score (nSPS) is 20.1. The predicted molar refractivity (Wildman–Crippen MR) is 61.9 cm³/mol. The molecule has 1 aromatic rings. The van der Waals surface area contributed by atoms with E-state index < -0.39 is 6.10 Å². The summed E-state index contributed by atoms with van der Waals surface area (Å²) in [6.07, 6.45) is 2.71. The minimum Gasteiger partial charge on any atom is -0.481 e. The van der Waals surface area contributed by atoms with Gasteiger partial charge >= 0.3 is 0 Å². The lowest BCUT2D eigenvalue weighted by molar-refractivity contribution is 0.0473. The molecule has 17 heavy (non-hydrogen) atoms. The summed E-state index contributed by atoms with van der Waals surface area (Å²) in [5.41, 5.74) is 0.528. The van der Waals surface area contributed by atoms with Crippen LogP contribution in [-0.2, 0) is 0 Å². The van der Waals surface area contributed by atoms with Crippen LogP contribution in [0.4, 0.5) is 0 Å². The van der Waals surface area contributed by atoms with Crippen molar-refractivity contribution in [3.05, 3.63) is 23.9 Å². The second kappa shape index (κ2) is 5.14. The molecule has 1 aliphatic rings. The SMILES string of the molecule is COc1ccc(C(=O)N2CCCC(O)C2)cn1. The van der Waals surface area contributed by atoms with Gasteiger partial charge in [0.15, 0.2) is 0 Å². The van der Waals surface area contributed by atoms with Crippen LogP contribution < -0.4 is 4.74 Å². The zero-order chi connectivity index (χ0) is 12.3. The predicted octanol–water partition coefficient (Wildman–Crippen LogP) is 0.687. The van der Waals surface area contributed by atoms with Gasteiger partial charge in [-0.2, -0.15) is 0 Å². The topological polar surface area (TPSA) is 62.7 Å². The number of piperidine rings is 1. The first-order valence-corrected chi connectivity index (χ1v) is 5.68. The Kier molecular flexibility index (Phi) is 3.58. The summed E-state index contributed by atoms with van der Waals surface area (Å²) in [5.74, 6) is 0.402. The average molecular weight is 236 g/mol. The van der Waals surface area contributed by atoms with E-state index in [4.69, 9.17) is 4.74 Å². The Morgan fingerprint density at radius 3 is 3.00 bits per heavy atom. The van der Waals surface area contributed by atoms with Crippen molar-refractivity contribution in [1.82, 2.24) is 9.88 Å². The van der Waals surface area contributed by atoms with Crippen LogP contribution in [0.5, 0.6) is 5.88 Å². The molecule has 0 radical (unpaired) electrons. The molecule has 0 spiro atoms. The van der Waals surface area contributed by atoms with Gasteiger partial charge in [-0.25, -0.2) is 4.98 Å². The van der Waals surface area contributed by atoms with Crippen LogP contribution >= 0.6 is 0 Å². The van der Waals surface area contributed by atoms with Crippen molar-refractivity contribution in [3.8, 4) is 5.88 Å². The fourth-order valence-corrected chi connectivity index (χ4v) is 1.95. The molecule has 1 N–H and O–H groups in total. The zero-order valence-corrected chi connectivity index (χ0v) is 9.80. The molecule has 0 aliphatic carbocycles. The molecule has 0 bridgehead atoms. The third-order valence-corrected chi connectivity index (χ3v) is 2.88. The lowest BCUT2D eigenvalue weighted by atomic mass is 10.1. The summed E-state index contributed by atoms with van der Waals surface area (Å²) in [7, 11) is 1.53. The van der Waals surface area contributed by atoms with E-state index in [0.717, 1.165) is 12.8 Å². The maximum Gasteiger partial charge on any atom is 0.255 e. The third-order valence-electron chi connectivity index (χ3n) is 2.88. The van der Waals surface area contributed by atoms with Crippen LogP contribution in [0.1, 0.15) is 23.2 Å². The molecule has 0 saturated carbocycles. The van der Waals surface area contributed by atoms with Crippen molar-refractivity contribution < 1.29 is 14.6 Å². The largest absolute Gasteiger partial charge is 0.481 e. The molecular formula is C12H16N2O3. The zero-order valence-electron chi connectivity index (χ0n) is 9.80. The molecule has 1 unspecified atom stereocenters. The van der Waals surface area contributed by atoms with Crippen molar-refractivity contribution in [2.45, 2.75) is 18.9 Å². The van der Waals surface area contributed by atoms with Crippen LogP contribution in [0.25, 0.3) is 0 Å². The molecule has 1 aromatic heterocycles. The number of pyridine rings is 1. The van der Waals surface area contributed by atoms with Crippen molar-refractivity contribution in [3.63, 3.8) is 0 Å². The van der Waals surface area contributed by atoms with Gasteiger partial charge in [0.25, 0.3) is 5.91 Å². The van der Waals surface area contributed by atoms with Crippen molar-refractivity contribution in [2.75, 3.05) is 20.2 Å². The standard InChI is InChI=1S/C12H16N2O3/c1-17-11-5-4-9(7-13-11)12(16)14-6-2-3-10(15)8-14/h4-5,7,10,15H,2-3,6,8H2,1H3. The van der Waals surface area contributed by atoms with E-state index in [1.165, 1.54) is 13.3 Å². The third kappa shape index (κ3) is 2.74. The number of hydrogen-bond donors (Lipinski definition) is 1. The summed E-state index contributed by atoms with van der Waals surface area (Å²) < 4.78 is 4.94. The van der Waals surface area contributed by atoms with E-state index in [2.05, 4.69) is 4.98 Å². The Hall–Kier alpha value is -1.62. The first kappa shape index (κ1) is 11.9. The average Bonchev–Trinajstić information content (AvgIpc) is 2.38. The van der Waals surface area contributed by atoms with Crippen molar-refractivity contribution in [2.24, 2.45) is 0 Å². The van der Waals surface area contributed by atoms with Crippen molar-refractivity contribution in [1.29, 1.82) is 0 Å². The van der Waals surface area contributed by atoms with E-state index in [0.29, 0.717) is 24.5 Å². The molecule has 1 fully saturated rings. The minimum atomic E-state index is -0.404. The number of likely N-dealkylation sites (tertiary alicyclic amines) is 1. The summed E-state index contributed by atoms with van der Waals surface area (Å²) in [4.78, 5) is 17.7. The number of aliphatic hydroxyl groups is 1. The molecule has 0 aromatic carbocycles. The number of nitrogens with zero attached hydrogens (tertiary/aromatic N) is 2. The number of methoxy groups -OCH3 is 1. The molecule has 1 saturated heterocycles. The van der Waals surface area contributed by atoms with E-state index in [1.807, 2.05) is 0 Å². The maximum atomic E-state index is 12.1. The maximum absolute atomic E-state index is 12.1. The number of rotatable bonds is 2. The molecular weight excluding hydrogens is 220 g/mol. The number of aromatic nitrogens is 1. The number of carbonyl (C=O) groups excluding carboxylic acids is 1. The summed E-state index contributed by atoms with van der Waals surface area (Å²) >= 11 is 0. The second-order valence-corrected chi connectivity index (χ2v) is 4.14. The fourth-order valence-electron chi connectivity index (χ4n) is 1.95. The number of β-amino-alcohol motifs (C(OH)–C–C–N with tert-alkyl or cyclic N) is 1. The van der Waals surface area contributed by atoms with Gasteiger partial charge in [0, 0.05) is 25.4 Å². The van der Waals surface area contributed by atoms with Gasteiger partial charge in [0.2, 0.25) is 5.88 Å². The molecule has 1 atom stereocenters. The van der Waals surface area contributed by atoms with E-state index >= 15 is 0 Å². The number of hydrogen-bond acceptors (Lipinski definition) is 4. The van der Waals surface area contributed by atoms with Crippen LogP contribution in [0.15, 0.2) is 18.3 Å². The Bertz CT molecular complexity index is 391.